The van der Waals surface area contributed by atoms with Gasteiger partial charge in [0.25, 0.3) is 0 Å². The van der Waals surface area contributed by atoms with E-state index in [1.54, 1.807) is 0 Å². The maximum absolute atomic E-state index is 8.56. The van der Waals surface area contributed by atoms with Crippen molar-refractivity contribution in [2.75, 3.05) is 13.2 Å². The van der Waals surface area contributed by atoms with Crippen molar-refractivity contribution in [2.45, 2.75) is 19.8 Å². The number of aliphatic hydroxyl groups is 1. The summed E-state index contributed by atoms with van der Waals surface area (Å²) in [5.41, 5.74) is 0. The molecule has 3 heteroatoms. The van der Waals surface area contributed by atoms with Gasteiger partial charge >= 0.3 is 0 Å². The monoisotopic (exact) mass is 142 g/mol. The topological polar surface area (TPSA) is 56.0 Å². The Kier molecular flexibility index (Phi) is 5.89. The van der Waals surface area contributed by atoms with Crippen LogP contribution in [0.25, 0.3) is 0 Å². The lowest BCUT2D eigenvalue weighted by molar-refractivity contribution is 0.254. The fourth-order valence-electron chi connectivity index (χ4n) is 0.823. The third kappa shape index (κ3) is 4.16. The number of nitrogens with one attached hydrogen (secondary N) is 1. The zero-order chi connectivity index (χ0) is 7.82. The molecule has 0 aromatic carbocycles. The number of hydrogen-bond donors (Lipinski definition) is 2. The van der Waals surface area contributed by atoms with Crippen LogP contribution in [0.15, 0.2) is 0 Å². The van der Waals surface area contributed by atoms with E-state index in [1.807, 2.05) is 6.19 Å². The summed E-state index contributed by atoms with van der Waals surface area (Å²) in [6, 6.07) is 0. The highest BCUT2D eigenvalue weighted by molar-refractivity contribution is 4.69. The summed E-state index contributed by atoms with van der Waals surface area (Å²) in [5, 5.41) is 19.3. The van der Waals surface area contributed by atoms with Gasteiger partial charge < -0.3 is 10.4 Å². The van der Waals surface area contributed by atoms with Crippen molar-refractivity contribution in [3.8, 4) is 6.19 Å². The van der Waals surface area contributed by atoms with Crippen LogP contribution in [0.1, 0.15) is 19.8 Å². The smallest absolute Gasteiger partial charge is 0.176 e. The molecule has 2 N–H and O–H groups in total. The summed E-state index contributed by atoms with van der Waals surface area (Å²) < 4.78 is 0. The molecule has 0 amide bonds. The summed E-state index contributed by atoms with van der Waals surface area (Å²) in [7, 11) is 0. The molecule has 0 aliphatic heterocycles. The Balaban J connectivity index is 3.32. The number of nitrogens with zero attached hydrogens (tertiary/aromatic N) is 1. The van der Waals surface area contributed by atoms with E-state index in [1.165, 1.54) is 0 Å². The molecule has 0 heterocycles. The molecular formula is C7H14N2O. The molecule has 0 saturated carbocycles. The van der Waals surface area contributed by atoms with E-state index in [2.05, 4.69) is 12.2 Å². The summed E-state index contributed by atoms with van der Waals surface area (Å²) in [6.45, 7) is 2.96. The normalized spacial score (nSPS) is 12.1. The molecule has 3 nitrogen and oxygen atoms in total. The molecule has 0 spiro atoms. The number of rotatable bonds is 5. The van der Waals surface area contributed by atoms with Crippen molar-refractivity contribution < 1.29 is 5.11 Å². The molecule has 0 saturated heterocycles. The Bertz CT molecular complexity index is 109. The van der Waals surface area contributed by atoms with Crippen LogP contribution < -0.4 is 5.32 Å². The van der Waals surface area contributed by atoms with Crippen molar-refractivity contribution in [1.29, 1.82) is 5.26 Å². The molecule has 10 heavy (non-hydrogen) atoms. The van der Waals surface area contributed by atoms with Crippen molar-refractivity contribution in [3.63, 3.8) is 0 Å². The van der Waals surface area contributed by atoms with E-state index in [0.717, 1.165) is 12.8 Å². The van der Waals surface area contributed by atoms with Crippen LogP contribution >= 0.6 is 0 Å². The van der Waals surface area contributed by atoms with Gasteiger partial charge in [0, 0.05) is 13.2 Å². The third-order valence-corrected chi connectivity index (χ3v) is 1.58. The molecule has 0 rings (SSSR count). The van der Waals surface area contributed by atoms with Gasteiger partial charge in [-0.05, 0) is 12.3 Å². The van der Waals surface area contributed by atoms with Crippen LogP contribution in [0.5, 0.6) is 0 Å². The molecule has 58 valence electrons. The number of nitriles is 1. The van der Waals surface area contributed by atoms with Gasteiger partial charge in [0.2, 0.25) is 0 Å². The lowest BCUT2D eigenvalue weighted by Gasteiger charge is -2.10. The van der Waals surface area contributed by atoms with Gasteiger partial charge in [-0.15, -0.1) is 0 Å². The van der Waals surface area contributed by atoms with Crippen LogP contribution in [0.4, 0.5) is 0 Å². The van der Waals surface area contributed by atoms with E-state index in [9.17, 15) is 0 Å². The van der Waals surface area contributed by atoms with E-state index in [4.69, 9.17) is 10.4 Å². The van der Waals surface area contributed by atoms with Crippen LogP contribution in [0.3, 0.4) is 0 Å². The van der Waals surface area contributed by atoms with Gasteiger partial charge in [0.05, 0.1) is 0 Å². The SMILES string of the molecule is CCC(CCO)CNC#N. The second-order valence-corrected chi connectivity index (χ2v) is 2.28. The average molecular weight is 142 g/mol. The molecule has 0 aromatic heterocycles. The quantitative estimate of drug-likeness (QED) is 0.433. The Morgan fingerprint density at radius 3 is 2.80 bits per heavy atom. The van der Waals surface area contributed by atoms with Crippen molar-refractivity contribution >= 4 is 0 Å². The third-order valence-electron chi connectivity index (χ3n) is 1.58. The molecule has 1 unspecified atom stereocenters. The Morgan fingerprint density at radius 2 is 2.40 bits per heavy atom. The van der Waals surface area contributed by atoms with Gasteiger partial charge in [-0.1, -0.05) is 13.3 Å². The predicted molar refractivity (Wildman–Crippen MR) is 39.1 cm³/mol. The maximum Gasteiger partial charge on any atom is 0.176 e. The summed E-state index contributed by atoms with van der Waals surface area (Å²) in [4.78, 5) is 0. The minimum absolute atomic E-state index is 0.214. The zero-order valence-electron chi connectivity index (χ0n) is 6.30. The standard InChI is InChI=1S/C7H14N2O/c1-2-7(3-4-10)5-9-6-8/h7,9-10H,2-5H2,1H3. The first-order valence-corrected chi connectivity index (χ1v) is 3.58. The molecule has 0 bridgehead atoms. The van der Waals surface area contributed by atoms with Crippen molar-refractivity contribution in [2.24, 2.45) is 5.92 Å². The second kappa shape index (κ2) is 6.37. The average Bonchev–Trinajstić information content (AvgIpc) is 1.98. The summed E-state index contributed by atoms with van der Waals surface area (Å²) in [5.74, 6) is 0.435. The van der Waals surface area contributed by atoms with Gasteiger partial charge in [-0.25, -0.2) is 0 Å². The largest absolute Gasteiger partial charge is 0.396 e. The van der Waals surface area contributed by atoms with Crippen LogP contribution in [0, 0.1) is 17.4 Å². The van der Waals surface area contributed by atoms with Crippen LogP contribution in [0.2, 0.25) is 0 Å². The molecule has 0 aliphatic rings. The molecule has 1 atom stereocenters. The van der Waals surface area contributed by atoms with E-state index < -0.39 is 0 Å². The Morgan fingerprint density at radius 1 is 1.70 bits per heavy atom. The van der Waals surface area contributed by atoms with Crippen LogP contribution in [-0.4, -0.2) is 18.3 Å². The first-order chi connectivity index (χ1) is 4.85. The fourth-order valence-corrected chi connectivity index (χ4v) is 0.823. The minimum atomic E-state index is 0.214. The highest BCUT2D eigenvalue weighted by Crippen LogP contribution is 2.04. The first kappa shape index (κ1) is 9.25. The van der Waals surface area contributed by atoms with Crippen molar-refractivity contribution in [1.82, 2.24) is 5.32 Å². The molecule has 0 radical (unpaired) electrons. The van der Waals surface area contributed by atoms with Crippen molar-refractivity contribution in [3.05, 3.63) is 0 Å². The number of aliphatic hydroxyl groups excluding tert-OH is 1. The van der Waals surface area contributed by atoms with E-state index in [-0.39, 0.29) is 6.61 Å². The highest BCUT2D eigenvalue weighted by Gasteiger charge is 2.03. The van der Waals surface area contributed by atoms with Gasteiger partial charge in [0.15, 0.2) is 6.19 Å². The predicted octanol–water partition coefficient (Wildman–Crippen LogP) is 0.466. The van der Waals surface area contributed by atoms with E-state index >= 15 is 0 Å². The minimum Gasteiger partial charge on any atom is -0.396 e. The zero-order valence-corrected chi connectivity index (χ0v) is 6.30. The van der Waals surface area contributed by atoms with Gasteiger partial charge in [-0.3, -0.25) is 0 Å². The second-order valence-electron chi connectivity index (χ2n) is 2.28. The van der Waals surface area contributed by atoms with E-state index in [0.29, 0.717) is 12.5 Å². The van der Waals surface area contributed by atoms with Gasteiger partial charge in [0.1, 0.15) is 0 Å². The molecule has 0 fully saturated rings. The maximum atomic E-state index is 8.56. The summed E-state index contributed by atoms with van der Waals surface area (Å²) >= 11 is 0. The highest BCUT2D eigenvalue weighted by atomic mass is 16.3. The number of hydrogen-bond acceptors (Lipinski definition) is 3. The summed E-state index contributed by atoms with van der Waals surface area (Å²) in [6.07, 6.45) is 3.65. The Labute approximate surface area is 61.7 Å². The molecular weight excluding hydrogens is 128 g/mol. The lowest BCUT2D eigenvalue weighted by Crippen LogP contribution is -2.18. The molecule has 0 aliphatic carbocycles. The van der Waals surface area contributed by atoms with Crippen LogP contribution in [-0.2, 0) is 0 Å². The fraction of sp³-hybridized carbons (Fsp3) is 0.857. The first-order valence-electron chi connectivity index (χ1n) is 3.58. The van der Waals surface area contributed by atoms with Gasteiger partial charge in [-0.2, -0.15) is 5.26 Å². The molecule has 0 aromatic rings. The lowest BCUT2D eigenvalue weighted by atomic mass is 10.0. The Hall–Kier alpha value is -0.750.